The van der Waals surface area contributed by atoms with Gasteiger partial charge in [0.25, 0.3) is 15.9 Å². The standard InChI is InChI=1S/C14H20N2O6S/c1-15-23(20,21)12-8-7-11(22-12)13(17)16-10-6-4-2-3-5-9(10)14(18)19/h7-10,15H,2-6H2,1H3,(H,16,17)(H,18,19)/t9-,10+/m1/s1. The van der Waals surface area contributed by atoms with Crippen molar-refractivity contribution in [3.8, 4) is 0 Å². The normalized spacial score (nSPS) is 22.3. The quantitative estimate of drug-likeness (QED) is 0.683. The molecule has 0 saturated heterocycles. The third-order valence-corrected chi connectivity index (χ3v) is 5.27. The lowest BCUT2D eigenvalue weighted by molar-refractivity contribution is -0.142. The summed E-state index contributed by atoms with van der Waals surface area (Å²) in [5.41, 5.74) is 0. The van der Waals surface area contributed by atoms with Gasteiger partial charge in [-0.15, -0.1) is 0 Å². The first kappa shape index (κ1) is 17.5. The van der Waals surface area contributed by atoms with E-state index in [2.05, 4.69) is 10.0 Å². The summed E-state index contributed by atoms with van der Waals surface area (Å²) in [4.78, 5) is 23.6. The second kappa shape index (κ2) is 7.14. The van der Waals surface area contributed by atoms with Gasteiger partial charge in [0.1, 0.15) is 0 Å². The molecule has 8 nitrogen and oxygen atoms in total. The van der Waals surface area contributed by atoms with Crippen molar-refractivity contribution in [1.29, 1.82) is 0 Å². The van der Waals surface area contributed by atoms with Crippen molar-refractivity contribution in [3.05, 3.63) is 17.9 Å². The van der Waals surface area contributed by atoms with Crippen LogP contribution in [0.4, 0.5) is 0 Å². The highest BCUT2D eigenvalue weighted by molar-refractivity contribution is 7.89. The molecule has 0 unspecified atom stereocenters. The molecule has 1 aromatic rings. The lowest BCUT2D eigenvalue weighted by Crippen LogP contribution is -2.42. The molecule has 3 N–H and O–H groups in total. The molecule has 0 aromatic carbocycles. The van der Waals surface area contributed by atoms with Gasteiger partial charge < -0.3 is 14.8 Å². The summed E-state index contributed by atoms with van der Waals surface area (Å²) < 4.78 is 30.3. The molecule has 0 spiro atoms. The number of aliphatic carboxylic acids is 1. The number of carbonyl (C=O) groups is 2. The molecule has 0 radical (unpaired) electrons. The largest absolute Gasteiger partial charge is 0.481 e. The van der Waals surface area contributed by atoms with Crippen LogP contribution in [-0.2, 0) is 14.8 Å². The molecule has 1 aliphatic carbocycles. The molecule has 1 amide bonds. The lowest BCUT2D eigenvalue weighted by atomic mass is 9.95. The van der Waals surface area contributed by atoms with Crippen LogP contribution in [0.2, 0.25) is 0 Å². The van der Waals surface area contributed by atoms with E-state index in [0.717, 1.165) is 19.3 Å². The molecule has 23 heavy (non-hydrogen) atoms. The van der Waals surface area contributed by atoms with Crippen molar-refractivity contribution in [2.24, 2.45) is 5.92 Å². The van der Waals surface area contributed by atoms with E-state index in [1.54, 1.807) is 0 Å². The van der Waals surface area contributed by atoms with Crippen LogP contribution in [0.15, 0.2) is 21.6 Å². The molecule has 0 bridgehead atoms. The van der Waals surface area contributed by atoms with Gasteiger partial charge >= 0.3 is 5.97 Å². The van der Waals surface area contributed by atoms with Crippen molar-refractivity contribution in [2.45, 2.75) is 43.2 Å². The number of sulfonamides is 1. The third-order valence-electron chi connectivity index (χ3n) is 3.99. The van der Waals surface area contributed by atoms with Crippen molar-refractivity contribution in [3.63, 3.8) is 0 Å². The van der Waals surface area contributed by atoms with Crippen molar-refractivity contribution in [2.75, 3.05) is 7.05 Å². The summed E-state index contributed by atoms with van der Waals surface area (Å²) in [6.45, 7) is 0. The highest BCUT2D eigenvalue weighted by atomic mass is 32.2. The van der Waals surface area contributed by atoms with Gasteiger partial charge in [-0.3, -0.25) is 9.59 Å². The van der Waals surface area contributed by atoms with Crippen molar-refractivity contribution >= 4 is 21.9 Å². The van der Waals surface area contributed by atoms with E-state index in [-0.39, 0.29) is 10.9 Å². The molecule has 1 fully saturated rings. The molecule has 128 valence electrons. The number of nitrogens with one attached hydrogen (secondary N) is 2. The Morgan fingerprint density at radius 1 is 1.22 bits per heavy atom. The minimum Gasteiger partial charge on any atom is -0.481 e. The summed E-state index contributed by atoms with van der Waals surface area (Å²) in [6.07, 6.45) is 3.67. The van der Waals surface area contributed by atoms with E-state index < -0.39 is 33.9 Å². The fraction of sp³-hybridized carbons (Fsp3) is 0.571. The Morgan fingerprint density at radius 2 is 1.91 bits per heavy atom. The van der Waals surface area contributed by atoms with Gasteiger partial charge in [-0.05, 0) is 32.0 Å². The molecule has 1 aliphatic rings. The summed E-state index contributed by atoms with van der Waals surface area (Å²) in [7, 11) is -2.53. The number of carboxylic acids is 1. The highest BCUT2D eigenvalue weighted by Gasteiger charge is 2.31. The Kier molecular flexibility index (Phi) is 5.42. The summed E-state index contributed by atoms with van der Waals surface area (Å²) >= 11 is 0. The van der Waals surface area contributed by atoms with Crippen LogP contribution in [-0.4, -0.2) is 38.5 Å². The molecule has 1 saturated carbocycles. The van der Waals surface area contributed by atoms with E-state index in [0.29, 0.717) is 12.8 Å². The summed E-state index contributed by atoms with van der Waals surface area (Å²) in [5, 5.41) is 11.6. The lowest BCUT2D eigenvalue weighted by Gasteiger charge is -2.22. The SMILES string of the molecule is CNS(=O)(=O)c1ccc(C(=O)N[C@H]2CCCCC[C@H]2C(=O)O)o1. The summed E-state index contributed by atoms with van der Waals surface area (Å²) in [5.74, 6) is -2.35. The van der Waals surface area contributed by atoms with Gasteiger partial charge in [-0.25, -0.2) is 13.1 Å². The Labute approximate surface area is 134 Å². The average Bonchev–Trinajstić information content (AvgIpc) is 2.90. The average molecular weight is 344 g/mol. The van der Waals surface area contributed by atoms with Gasteiger partial charge in [0.2, 0.25) is 5.09 Å². The van der Waals surface area contributed by atoms with Crippen LogP contribution < -0.4 is 10.0 Å². The van der Waals surface area contributed by atoms with Crippen LogP contribution >= 0.6 is 0 Å². The fourth-order valence-corrected chi connectivity index (χ4v) is 3.35. The number of hydrogen-bond donors (Lipinski definition) is 3. The van der Waals surface area contributed by atoms with E-state index in [1.807, 2.05) is 0 Å². The number of carboxylic acid groups (broad SMARTS) is 1. The zero-order valence-corrected chi connectivity index (χ0v) is 13.6. The molecule has 2 atom stereocenters. The second-order valence-electron chi connectivity index (χ2n) is 5.49. The molecular formula is C14H20N2O6S. The van der Waals surface area contributed by atoms with E-state index in [1.165, 1.54) is 19.2 Å². The van der Waals surface area contributed by atoms with Gasteiger partial charge in [0, 0.05) is 6.04 Å². The molecule has 9 heteroatoms. The van der Waals surface area contributed by atoms with E-state index in [9.17, 15) is 23.1 Å². The van der Waals surface area contributed by atoms with Gasteiger partial charge in [-0.1, -0.05) is 19.3 Å². The Balaban J connectivity index is 2.13. The fourth-order valence-electron chi connectivity index (χ4n) is 2.70. The highest BCUT2D eigenvalue weighted by Crippen LogP contribution is 2.24. The molecule has 2 rings (SSSR count). The number of rotatable bonds is 5. The van der Waals surface area contributed by atoms with Crippen molar-refractivity contribution < 1.29 is 27.5 Å². The van der Waals surface area contributed by atoms with Crippen LogP contribution in [0.25, 0.3) is 0 Å². The number of furan rings is 1. The van der Waals surface area contributed by atoms with Gasteiger partial charge in [-0.2, -0.15) is 0 Å². The monoisotopic (exact) mass is 344 g/mol. The maximum atomic E-state index is 12.2. The number of carbonyl (C=O) groups excluding carboxylic acids is 1. The van der Waals surface area contributed by atoms with Crippen molar-refractivity contribution in [1.82, 2.24) is 10.0 Å². The van der Waals surface area contributed by atoms with E-state index >= 15 is 0 Å². The first-order valence-corrected chi connectivity index (χ1v) is 8.90. The van der Waals surface area contributed by atoms with Crippen LogP contribution in [0.3, 0.4) is 0 Å². The van der Waals surface area contributed by atoms with Gasteiger partial charge in [0.15, 0.2) is 5.76 Å². The first-order valence-electron chi connectivity index (χ1n) is 7.42. The third kappa shape index (κ3) is 4.11. The topological polar surface area (TPSA) is 126 Å². The zero-order valence-electron chi connectivity index (χ0n) is 12.7. The molecule has 0 aliphatic heterocycles. The number of amides is 1. The number of hydrogen-bond acceptors (Lipinski definition) is 5. The molecular weight excluding hydrogens is 324 g/mol. The predicted octanol–water partition coefficient (Wildman–Crippen LogP) is 0.951. The maximum absolute atomic E-state index is 12.2. The molecule has 1 heterocycles. The van der Waals surface area contributed by atoms with Crippen LogP contribution in [0, 0.1) is 5.92 Å². The van der Waals surface area contributed by atoms with Gasteiger partial charge in [0.05, 0.1) is 5.92 Å². The van der Waals surface area contributed by atoms with E-state index in [4.69, 9.17) is 4.42 Å². The predicted molar refractivity (Wildman–Crippen MR) is 80.4 cm³/mol. The Bertz CT molecular complexity index is 681. The minimum absolute atomic E-state index is 0.160. The molecule has 1 aromatic heterocycles. The van der Waals surface area contributed by atoms with Crippen LogP contribution in [0.1, 0.15) is 42.7 Å². The maximum Gasteiger partial charge on any atom is 0.308 e. The summed E-state index contributed by atoms with van der Waals surface area (Å²) in [6, 6.07) is 1.95. The Hall–Kier alpha value is -1.87. The zero-order chi connectivity index (χ0) is 17.0. The first-order chi connectivity index (χ1) is 10.8. The Morgan fingerprint density at radius 3 is 2.57 bits per heavy atom. The minimum atomic E-state index is -3.76. The second-order valence-corrected chi connectivity index (χ2v) is 7.31. The van der Waals surface area contributed by atoms with Crippen LogP contribution in [0.5, 0.6) is 0 Å². The smallest absolute Gasteiger partial charge is 0.308 e.